The molecule has 7 heteroatoms. The molecule has 0 unspecified atom stereocenters. The Hall–Kier alpha value is -0.820. The number of anilines is 1. The van der Waals surface area contributed by atoms with E-state index in [1.54, 1.807) is 4.31 Å². The molecule has 0 radical (unpaired) electrons. The molecule has 21 heavy (non-hydrogen) atoms. The summed E-state index contributed by atoms with van der Waals surface area (Å²) in [5.74, 6) is 0. The van der Waals surface area contributed by atoms with Crippen molar-refractivity contribution in [1.29, 1.82) is 0 Å². The van der Waals surface area contributed by atoms with E-state index < -0.39 is 10.2 Å². The molecular formula is C14H22ClN3O2S. The second-order valence-electron chi connectivity index (χ2n) is 4.93. The molecular weight excluding hydrogens is 310 g/mol. The minimum Gasteiger partial charge on any atom is -0.368 e. The lowest BCUT2D eigenvalue weighted by Gasteiger charge is -2.37. The first-order chi connectivity index (χ1) is 10.0. The molecule has 1 aromatic carbocycles. The molecule has 1 heterocycles. The van der Waals surface area contributed by atoms with Crippen LogP contribution in [0.2, 0.25) is 5.02 Å². The maximum atomic E-state index is 12.5. The van der Waals surface area contributed by atoms with Crippen molar-refractivity contribution in [3.8, 4) is 0 Å². The fraction of sp³-hybridized carbons (Fsp3) is 0.571. The third kappa shape index (κ3) is 3.51. The molecule has 0 bridgehead atoms. The predicted molar refractivity (Wildman–Crippen MR) is 87.1 cm³/mol. The van der Waals surface area contributed by atoms with Gasteiger partial charge < -0.3 is 4.90 Å². The summed E-state index contributed by atoms with van der Waals surface area (Å²) in [7, 11) is -3.33. The van der Waals surface area contributed by atoms with Gasteiger partial charge in [0.1, 0.15) is 0 Å². The van der Waals surface area contributed by atoms with E-state index in [4.69, 9.17) is 11.6 Å². The van der Waals surface area contributed by atoms with Crippen LogP contribution in [-0.4, -0.2) is 56.3 Å². The second kappa shape index (κ2) is 6.96. The average molecular weight is 332 g/mol. The Morgan fingerprint density at radius 1 is 1.10 bits per heavy atom. The molecule has 1 aromatic rings. The lowest BCUT2D eigenvalue weighted by atomic mass is 10.2. The first-order valence-electron chi connectivity index (χ1n) is 7.25. The van der Waals surface area contributed by atoms with Gasteiger partial charge in [-0.1, -0.05) is 37.6 Å². The van der Waals surface area contributed by atoms with Crippen molar-refractivity contribution in [1.82, 2.24) is 8.61 Å². The highest BCUT2D eigenvalue weighted by Crippen LogP contribution is 2.26. The van der Waals surface area contributed by atoms with Crippen molar-refractivity contribution in [3.05, 3.63) is 29.3 Å². The third-order valence-electron chi connectivity index (χ3n) is 3.79. The maximum absolute atomic E-state index is 12.5. The summed E-state index contributed by atoms with van der Waals surface area (Å²) in [5, 5.41) is 0.706. The van der Waals surface area contributed by atoms with Gasteiger partial charge in [-0.15, -0.1) is 0 Å². The first kappa shape index (κ1) is 16.5. The number of piperazine rings is 1. The van der Waals surface area contributed by atoms with E-state index in [1.165, 1.54) is 4.31 Å². The molecule has 0 aromatic heterocycles. The van der Waals surface area contributed by atoms with E-state index in [0.717, 1.165) is 5.69 Å². The smallest absolute Gasteiger partial charge is 0.282 e. The molecule has 1 saturated heterocycles. The number of benzene rings is 1. The minimum absolute atomic E-state index is 0.490. The molecule has 1 aliphatic heterocycles. The Labute approximate surface area is 132 Å². The Balaban J connectivity index is 2.05. The van der Waals surface area contributed by atoms with Gasteiger partial charge in [0, 0.05) is 39.3 Å². The van der Waals surface area contributed by atoms with Crippen molar-refractivity contribution in [2.45, 2.75) is 13.8 Å². The fourth-order valence-electron chi connectivity index (χ4n) is 2.58. The molecule has 1 fully saturated rings. The van der Waals surface area contributed by atoms with Crippen LogP contribution in [0.25, 0.3) is 0 Å². The molecule has 0 N–H and O–H groups in total. The molecule has 1 aliphatic rings. The largest absolute Gasteiger partial charge is 0.368 e. The summed E-state index contributed by atoms with van der Waals surface area (Å²) >= 11 is 6.20. The number of halogens is 1. The number of hydrogen-bond acceptors (Lipinski definition) is 3. The maximum Gasteiger partial charge on any atom is 0.282 e. The molecule has 5 nitrogen and oxygen atoms in total. The van der Waals surface area contributed by atoms with Crippen LogP contribution < -0.4 is 4.90 Å². The molecule has 0 aliphatic carbocycles. The van der Waals surface area contributed by atoms with Gasteiger partial charge in [0.2, 0.25) is 0 Å². The molecule has 2 rings (SSSR count). The van der Waals surface area contributed by atoms with E-state index in [1.807, 2.05) is 38.1 Å². The summed E-state index contributed by atoms with van der Waals surface area (Å²) in [5.41, 5.74) is 0.971. The standard InChI is InChI=1S/C14H22ClN3O2S/c1-3-17(4-2)21(19,20)18-11-9-16(10-12-18)14-8-6-5-7-13(14)15/h5-8H,3-4,9-12H2,1-2H3. The summed E-state index contributed by atoms with van der Waals surface area (Å²) in [6, 6.07) is 7.67. The zero-order valence-electron chi connectivity index (χ0n) is 12.5. The third-order valence-corrected chi connectivity index (χ3v) is 6.30. The Morgan fingerprint density at radius 2 is 1.67 bits per heavy atom. The molecule has 0 spiro atoms. The van der Waals surface area contributed by atoms with Gasteiger partial charge in [-0.25, -0.2) is 0 Å². The summed E-state index contributed by atoms with van der Waals surface area (Å²) < 4.78 is 28.0. The molecule has 118 valence electrons. The highest BCUT2D eigenvalue weighted by Gasteiger charge is 2.31. The monoisotopic (exact) mass is 331 g/mol. The summed E-state index contributed by atoms with van der Waals surface area (Å²) in [6.07, 6.45) is 0. The topological polar surface area (TPSA) is 43.9 Å². The van der Waals surface area contributed by atoms with Crippen molar-refractivity contribution in [2.75, 3.05) is 44.2 Å². The molecule has 0 saturated carbocycles. The van der Waals surface area contributed by atoms with Crippen LogP contribution in [0.4, 0.5) is 5.69 Å². The van der Waals surface area contributed by atoms with Gasteiger partial charge >= 0.3 is 0 Å². The molecule has 0 atom stereocenters. The van der Waals surface area contributed by atoms with Crippen LogP contribution >= 0.6 is 11.6 Å². The van der Waals surface area contributed by atoms with E-state index in [-0.39, 0.29) is 0 Å². The van der Waals surface area contributed by atoms with Crippen LogP contribution in [0, 0.1) is 0 Å². The van der Waals surface area contributed by atoms with Gasteiger partial charge in [-0.05, 0) is 12.1 Å². The highest BCUT2D eigenvalue weighted by atomic mass is 35.5. The quantitative estimate of drug-likeness (QED) is 0.829. The van der Waals surface area contributed by atoms with Crippen LogP contribution in [0.15, 0.2) is 24.3 Å². The number of nitrogens with zero attached hydrogens (tertiary/aromatic N) is 3. The van der Waals surface area contributed by atoms with Crippen LogP contribution in [0.3, 0.4) is 0 Å². The van der Waals surface area contributed by atoms with E-state index in [2.05, 4.69) is 4.90 Å². The van der Waals surface area contributed by atoms with E-state index in [0.29, 0.717) is 44.3 Å². The predicted octanol–water partition coefficient (Wildman–Crippen LogP) is 2.05. The highest BCUT2D eigenvalue weighted by molar-refractivity contribution is 7.86. The summed E-state index contributed by atoms with van der Waals surface area (Å²) in [4.78, 5) is 2.14. The van der Waals surface area contributed by atoms with E-state index in [9.17, 15) is 8.42 Å². The Morgan fingerprint density at radius 3 is 2.19 bits per heavy atom. The zero-order chi connectivity index (χ0) is 15.5. The SMILES string of the molecule is CCN(CC)S(=O)(=O)N1CCN(c2ccccc2Cl)CC1. The lowest BCUT2D eigenvalue weighted by molar-refractivity contribution is 0.334. The van der Waals surface area contributed by atoms with Crippen LogP contribution in [0.5, 0.6) is 0 Å². The van der Waals surface area contributed by atoms with Gasteiger partial charge in [-0.3, -0.25) is 0 Å². The number of hydrogen-bond donors (Lipinski definition) is 0. The van der Waals surface area contributed by atoms with Crippen LogP contribution in [0.1, 0.15) is 13.8 Å². The van der Waals surface area contributed by atoms with Gasteiger partial charge in [0.05, 0.1) is 10.7 Å². The minimum atomic E-state index is -3.33. The zero-order valence-corrected chi connectivity index (χ0v) is 14.1. The Bertz CT molecular complexity index is 567. The first-order valence-corrected chi connectivity index (χ1v) is 9.02. The lowest BCUT2D eigenvalue weighted by Crippen LogP contribution is -2.53. The van der Waals surface area contributed by atoms with Gasteiger partial charge in [0.25, 0.3) is 10.2 Å². The number of rotatable bonds is 5. The summed E-state index contributed by atoms with van der Waals surface area (Å²) in [6.45, 7) is 7.03. The van der Waals surface area contributed by atoms with Crippen molar-refractivity contribution >= 4 is 27.5 Å². The van der Waals surface area contributed by atoms with Crippen molar-refractivity contribution in [3.63, 3.8) is 0 Å². The van der Waals surface area contributed by atoms with Crippen LogP contribution in [-0.2, 0) is 10.2 Å². The fourth-order valence-corrected chi connectivity index (χ4v) is 4.44. The van der Waals surface area contributed by atoms with Gasteiger partial charge in [0.15, 0.2) is 0 Å². The Kier molecular flexibility index (Phi) is 5.48. The van der Waals surface area contributed by atoms with E-state index >= 15 is 0 Å². The molecule has 0 amide bonds. The van der Waals surface area contributed by atoms with Gasteiger partial charge in [-0.2, -0.15) is 17.0 Å². The average Bonchev–Trinajstić information content (AvgIpc) is 2.49. The van der Waals surface area contributed by atoms with Crippen molar-refractivity contribution < 1.29 is 8.42 Å². The van der Waals surface area contributed by atoms with Crippen molar-refractivity contribution in [2.24, 2.45) is 0 Å². The second-order valence-corrected chi connectivity index (χ2v) is 7.27. The number of para-hydroxylation sites is 1. The normalized spacial score (nSPS) is 17.4.